The molecule has 0 amide bonds. The minimum Gasteiger partial charge on any atom is -0.457 e. The molecule has 1 aliphatic heterocycles. The first kappa shape index (κ1) is 17.3. The third-order valence-electron chi connectivity index (χ3n) is 7.35. The number of hydrogen-bond donors (Lipinski definition) is 0. The molecule has 33 heavy (non-hydrogen) atoms. The van der Waals surface area contributed by atoms with E-state index >= 15 is 0 Å². The summed E-state index contributed by atoms with van der Waals surface area (Å²) in [6.45, 7) is 0. The van der Waals surface area contributed by atoms with E-state index in [1.807, 2.05) is 18.2 Å². The lowest BCUT2D eigenvalue weighted by molar-refractivity contribution is 0.436. The molecule has 6 aromatic rings. The molecule has 0 fully saturated rings. The molecular weight excluding hydrogens is 404 g/mol. The predicted molar refractivity (Wildman–Crippen MR) is 131 cm³/mol. The van der Waals surface area contributed by atoms with E-state index in [9.17, 15) is 0 Å². The summed E-state index contributed by atoms with van der Waals surface area (Å²) in [5.74, 6) is 1.75. The number of hydrogen-bond acceptors (Lipinski definition) is 2. The molecular formula is C31H18O2. The largest absolute Gasteiger partial charge is 0.457 e. The summed E-state index contributed by atoms with van der Waals surface area (Å²) in [5, 5.41) is 2.25. The Hall–Kier alpha value is -4.30. The summed E-state index contributed by atoms with van der Waals surface area (Å²) in [6.07, 6.45) is 0. The molecule has 2 aliphatic rings. The van der Waals surface area contributed by atoms with Crippen LogP contribution in [0.5, 0.6) is 11.5 Å². The molecule has 154 valence electrons. The summed E-state index contributed by atoms with van der Waals surface area (Å²) >= 11 is 0. The zero-order chi connectivity index (χ0) is 21.6. The zero-order valence-electron chi connectivity index (χ0n) is 17.7. The van der Waals surface area contributed by atoms with Crippen LogP contribution in [0.3, 0.4) is 0 Å². The van der Waals surface area contributed by atoms with Crippen molar-refractivity contribution in [1.29, 1.82) is 0 Å². The predicted octanol–water partition coefficient (Wildman–Crippen LogP) is 8.05. The normalized spacial score (nSPS) is 14.5. The van der Waals surface area contributed by atoms with Crippen molar-refractivity contribution < 1.29 is 9.15 Å². The molecule has 0 saturated carbocycles. The smallest absolute Gasteiger partial charge is 0.139 e. The molecule has 0 atom stereocenters. The summed E-state index contributed by atoms with van der Waals surface area (Å²) in [5.41, 5.74) is 8.83. The van der Waals surface area contributed by atoms with E-state index in [1.165, 1.54) is 27.8 Å². The fraction of sp³-hybridized carbons (Fsp3) is 0.0323. The maximum absolute atomic E-state index is 6.54. The number of ether oxygens (including phenoxy) is 1. The molecule has 0 saturated heterocycles. The molecule has 0 N–H and O–H groups in total. The van der Waals surface area contributed by atoms with Crippen LogP contribution in [0.4, 0.5) is 0 Å². The molecule has 2 nitrogen and oxygen atoms in total. The second-order valence-electron chi connectivity index (χ2n) is 8.88. The maximum atomic E-state index is 6.54. The Morgan fingerprint density at radius 1 is 0.455 bits per heavy atom. The lowest BCUT2D eigenvalue weighted by Crippen LogP contribution is -2.32. The van der Waals surface area contributed by atoms with Gasteiger partial charge < -0.3 is 9.15 Å². The van der Waals surface area contributed by atoms with Crippen molar-refractivity contribution in [3.63, 3.8) is 0 Å². The van der Waals surface area contributed by atoms with Crippen LogP contribution >= 0.6 is 0 Å². The van der Waals surface area contributed by atoms with Crippen molar-refractivity contribution in [2.45, 2.75) is 5.41 Å². The summed E-state index contributed by atoms with van der Waals surface area (Å²) in [6, 6.07) is 38.7. The highest BCUT2D eigenvalue weighted by Gasteiger charge is 2.51. The molecule has 0 radical (unpaired) electrons. The van der Waals surface area contributed by atoms with Crippen LogP contribution in [0, 0.1) is 0 Å². The van der Waals surface area contributed by atoms with Gasteiger partial charge in [-0.3, -0.25) is 0 Å². The van der Waals surface area contributed by atoms with Gasteiger partial charge >= 0.3 is 0 Å². The Labute approximate surface area is 190 Å². The van der Waals surface area contributed by atoms with E-state index in [-0.39, 0.29) is 0 Å². The highest BCUT2D eigenvalue weighted by atomic mass is 16.5. The van der Waals surface area contributed by atoms with Crippen LogP contribution in [-0.4, -0.2) is 0 Å². The van der Waals surface area contributed by atoms with E-state index in [4.69, 9.17) is 9.15 Å². The highest BCUT2D eigenvalue weighted by Crippen LogP contribution is 2.62. The Kier molecular flexibility index (Phi) is 3.11. The SMILES string of the molecule is c1ccc2c(c1)Oc1cc3oc4ccccc4c3cc1C21c2ccccc2-c2ccccc21. The van der Waals surface area contributed by atoms with Gasteiger partial charge in [-0.2, -0.15) is 0 Å². The van der Waals surface area contributed by atoms with E-state index in [0.29, 0.717) is 0 Å². The van der Waals surface area contributed by atoms with Crippen LogP contribution < -0.4 is 4.74 Å². The van der Waals surface area contributed by atoms with Crippen LogP contribution in [-0.2, 0) is 5.41 Å². The summed E-state index contributed by atoms with van der Waals surface area (Å²) in [4.78, 5) is 0. The minimum atomic E-state index is -0.441. The van der Waals surface area contributed by atoms with Gasteiger partial charge in [0.1, 0.15) is 22.7 Å². The van der Waals surface area contributed by atoms with Gasteiger partial charge in [-0.25, -0.2) is 0 Å². The topological polar surface area (TPSA) is 22.4 Å². The van der Waals surface area contributed by atoms with Gasteiger partial charge in [0, 0.05) is 28.0 Å². The quantitative estimate of drug-likeness (QED) is 0.247. The van der Waals surface area contributed by atoms with Crippen molar-refractivity contribution in [2.75, 3.05) is 0 Å². The second-order valence-corrected chi connectivity index (χ2v) is 8.88. The standard InChI is InChI=1S/C31H18O2/c1-4-12-23-19(9-1)20-10-2-5-13-24(20)31(23)25-14-6-8-16-28(25)33-30-18-29-22(17-26(30)31)21-11-3-7-15-27(21)32-29/h1-18H. The lowest BCUT2D eigenvalue weighted by atomic mass is 9.66. The van der Waals surface area contributed by atoms with E-state index in [1.54, 1.807) is 0 Å². The van der Waals surface area contributed by atoms with Crippen LogP contribution in [0.1, 0.15) is 22.3 Å². The third kappa shape index (κ3) is 2.00. The molecule has 8 rings (SSSR count). The monoisotopic (exact) mass is 422 g/mol. The van der Waals surface area contributed by atoms with Gasteiger partial charge in [0.15, 0.2) is 0 Å². The maximum Gasteiger partial charge on any atom is 0.139 e. The third-order valence-corrected chi connectivity index (χ3v) is 7.35. The van der Waals surface area contributed by atoms with Gasteiger partial charge in [-0.15, -0.1) is 0 Å². The van der Waals surface area contributed by atoms with E-state index in [0.717, 1.165) is 39.0 Å². The van der Waals surface area contributed by atoms with Gasteiger partial charge in [0.25, 0.3) is 0 Å². The fourth-order valence-electron chi connectivity index (χ4n) is 6.07. The Morgan fingerprint density at radius 2 is 1.09 bits per heavy atom. The number of furan rings is 1. The first-order valence-corrected chi connectivity index (χ1v) is 11.3. The van der Waals surface area contributed by atoms with E-state index in [2.05, 4.69) is 91.0 Å². The molecule has 2 heterocycles. The highest BCUT2D eigenvalue weighted by molar-refractivity contribution is 6.06. The molecule has 1 aromatic heterocycles. The Bertz CT molecular complexity index is 1710. The van der Waals surface area contributed by atoms with Gasteiger partial charge in [0.2, 0.25) is 0 Å². The average molecular weight is 422 g/mol. The van der Waals surface area contributed by atoms with Crippen molar-refractivity contribution in [3.05, 3.63) is 131 Å². The van der Waals surface area contributed by atoms with Crippen LogP contribution in [0.15, 0.2) is 114 Å². The Balaban J connectivity index is 1.60. The summed E-state index contributed by atoms with van der Waals surface area (Å²) in [7, 11) is 0. The molecule has 1 spiro atoms. The number of benzene rings is 5. The molecule has 0 bridgehead atoms. The number of fused-ring (bicyclic) bond motifs is 12. The number of rotatable bonds is 0. The minimum absolute atomic E-state index is 0.441. The zero-order valence-corrected chi connectivity index (χ0v) is 17.7. The van der Waals surface area contributed by atoms with Gasteiger partial charge in [0.05, 0.1) is 5.41 Å². The van der Waals surface area contributed by atoms with Crippen LogP contribution in [0.25, 0.3) is 33.1 Å². The summed E-state index contributed by atoms with van der Waals surface area (Å²) < 4.78 is 12.8. The van der Waals surface area contributed by atoms with Crippen molar-refractivity contribution >= 4 is 21.9 Å². The lowest BCUT2D eigenvalue weighted by Gasteiger charge is -2.39. The molecule has 5 aromatic carbocycles. The Morgan fingerprint density at radius 3 is 1.88 bits per heavy atom. The average Bonchev–Trinajstić information content (AvgIpc) is 3.37. The van der Waals surface area contributed by atoms with Crippen LogP contribution in [0.2, 0.25) is 0 Å². The molecule has 2 heteroatoms. The molecule has 1 aliphatic carbocycles. The van der Waals surface area contributed by atoms with Gasteiger partial charge in [-0.05, 0) is 40.5 Å². The van der Waals surface area contributed by atoms with E-state index < -0.39 is 5.41 Å². The van der Waals surface area contributed by atoms with Crippen molar-refractivity contribution in [3.8, 4) is 22.6 Å². The first-order chi connectivity index (χ1) is 16.4. The van der Waals surface area contributed by atoms with Crippen molar-refractivity contribution in [1.82, 2.24) is 0 Å². The van der Waals surface area contributed by atoms with Gasteiger partial charge in [-0.1, -0.05) is 84.9 Å². The van der Waals surface area contributed by atoms with Crippen molar-refractivity contribution in [2.24, 2.45) is 0 Å². The number of para-hydroxylation sites is 2. The fourth-order valence-corrected chi connectivity index (χ4v) is 6.07. The second kappa shape index (κ2) is 5.93. The first-order valence-electron chi connectivity index (χ1n) is 11.3. The molecule has 0 unspecified atom stereocenters.